The Labute approximate surface area is 223 Å². The van der Waals surface area contributed by atoms with Gasteiger partial charge >= 0.3 is 0 Å². The summed E-state index contributed by atoms with van der Waals surface area (Å²) in [6.07, 6.45) is 3.89. The van der Waals surface area contributed by atoms with Gasteiger partial charge in [-0.3, -0.25) is 9.69 Å². The van der Waals surface area contributed by atoms with Crippen molar-refractivity contribution in [1.82, 2.24) is 15.2 Å². The van der Waals surface area contributed by atoms with Gasteiger partial charge in [0.05, 0.1) is 17.0 Å². The molecule has 1 aliphatic heterocycles. The Balaban J connectivity index is 0.00000190. The van der Waals surface area contributed by atoms with Crippen molar-refractivity contribution in [1.29, 1.82) is 0 Å². The van der Waals surface area contributed by atoms with Gasteiger partial charge in [0.15, 0.2) is 5.88 Å². The second kappa shape index (κ2) is 12.5. The summed E-state index contributed by atoms with van der Waals surface area (Å²) in [4.78, 5) is 22.6. The van der Waals surface area contributed by atoms with Crippen molar-refractivity contribution in [2.24, 2.45) is 4.99 Å². The number of likely N-dealkylation sites (tertiary alicyclic amines) is 1. The third-order valence-corrected chi connectivity index (χ3v) is 6.58. The van der Waals surface area contributed by atoms with Crippen molar-refractivity contribution in [2.45, 2.75) is 25.8 Å². The highest BCUT2D eigenvalue weighted by atomic mass is 35.5. The molecular weight excluding hydrogens is 488 g/mol. The number of amides is 1. The molecule has 1 fully saturated rings. The molecule has 0 saturated carbocycles. The Morgan fingerprint density at radius 1 is 0.973 bits per heavy atom. The van der Waals surface area contributed by atoms with Crippen molar-refractivity contribution in [3.8, 4) is 5.88 Å². The molecule has 4 aromatic rings. The lowest BCUT2D eigenvalue weighted by atomic mass is 10.00. The summed E-state index contributed by atoms with van der Waals surface area (Å²) in [6, 6.07) is 23.6. The summed E-state index contributed by atoms with van der Waals surface area (Å²) in [5, 5.41) is 14.4. The first-order valence-corrected chi connectivity index (χ1v) is 12.1. The molecule has 7 nitrogen and oxygen atoms in total. The zero-order valence-corrected chi connectivity index (χ0v) is 21.6. The molecule has 0 aliphatic carbocycles. The Morgan fingerprint density at radius 2 is 1.68 bits per heavy atom. The zero-order chi connectivity index (χ0) is 24.2. The largest absolute Gasteiger partial charge is 0.494 e. The molecule has 5 N–H and O–H groups in total. The van der Waals surface area contributed by atoms with E-state index in [0.717, 1.165) is 23.2 Å². The van der Waals surface area contributed by atoms with Crippen LogP contribution in [0, 0.1) is 0 Å². The van der Waals surface area contributed by atoms with Crippen LogP contribution in [0.15, 0.2) is 77.8 Å². The predicted octanol–water partition coefficient (Wildman–Crippen LogP) is 4.99. The summed E-state index contributed by atoms with van der Waals surface area (Å²) in [5.41, 5.74) is 5.49. The van der Waals surface area contributed by atoms with E-state index in [1.807, 2.05) is 48.5 Å². The van der Waals surface area contributed by atoms with E-state index in [1.165, 1.54) is 37.9 Å². The molecule has 3 aromatic carbocycles. The SMILES string of the molecule is CNC(=O)c1ccc2c(C(=Nc3ccc(CN4CCCCC4)cc3)c3ccccc3)c(O)[nH]c2c1.Cl.O. The van der Waals surface area contributed by atoms with E-state index >= 15 is 0 Å². The molecule has 1 saturated heterocycles. The van der Waals surface area contributed by atoms with Gasteiger partial charge in [0, 0.05) is 35.6 Å². The minimum atomic E-state index is -0.177. The van der Waals surface area contributed by atoms with E-state index in [0.29, 0.717) is 22.4 Å². The van der Waals surface area contributed by atoms with Crippen LogP contribution in [0.2, 0.25) is 0 Å². The van der Waals surface area contributed by atoms with Gasteiger partial charge in [-0.25, -0.2) is 4.99 Å². The molecule has 2 heterocycles. The van der Waals surface area contributed by atoms with Gasteiger partial charge < -0.3 is 20.9 Å². The number of aliphatic imine (C=N–C) groups is 1. The molecule has 0 bridgehead atoms. The summed E-state index contributed by atoms with van der Waals surface area (Å²) in [6.45, 7) is 3.30. The van der Waals surface area contributed by atoms with E-state index in [2.05, 4.69) is 27.3 Å². The number of hydrogen-bond donors (Lipinski definition) is 3. The molecular formula is C29H33ClN4O3. The summed E-state index contributed by atoms with van der Waals surface area (Å²) >= 11 is 0. The van der Waals surface area contributed by atoms with Gasteiger partial charge in [-0.1, -0.05) is 55.0 Å². The Hall–Kier alpha value is -3.65. The number of carbonyl (C=O) groups excluding carboxylic acids is 1. The summed E-state index contributed by atoms with van der Waals surface area (Å²) in [7, 11) is 1.60. The first kappa shape index (κ1) is 27.9. The molecule has 1 amide bonds. The second-order valence-corrected chi connectivity index (χ2v) is 9.02. The van der Waals surface area contributed by atoms with Gasteiger partial charge in [0.25, 0.3) is 5.91 Å². The lowest BCUT2D eigenvalue weighted by Gasteiger charge is -2.26. The van der Waals surface area contributed by atoms with Gasteiger partial charge in [-0.15, -0.1) is 12.4 Å². The fourth-order valence-corrected chi connectivity index (χ4v) is 4.75. The van der Waals surface area contributed by atoms with Crippen molar-refractivity contribution >= 4 is 40.6 Å². The number of halogens is 1. The van der Waals surface area contributed by atoms with Crippen molar-refractivity contribution in [3.63, 3.8) is 0 Å². The van der Waals surface area contributed by atoms with E-state index in [9.17, 15) is 9.90 Å². The normalized spacial score (nSPS) is 14.0. The number of piperidine rings is 1. The number of benzene rings is 3. The number of hydrogen-bond acceptors (Lipinski definition) is 4. The van der Waals surface area contributed by atoms with Crippen molar-refractivity contribution in [2.75, 3.05) is 20.1 Å². The molecule has 37 heavy (non-hydrogen) atoms. The Kier molecular flexibility index (Phi) is 9.47. The highest BCUT2D eigenvalue weighted by molar-refractivity contribution is 6.22. The van der Waals surface area contributed by atoms with Gasteiger partial charge in [0.1, 0.15) is 0 Å². The number of carbonyl (C=O) groups is 1. The van der Waals surface area contributed by atoms with E-state index < -0.39 is 0 Å². The number of H-pyrrole nitrogens is 1. The van der Waals surface area contributed by atoms with E-state index in [-0.39, 0.29) is 29.7 Å². The molecule has 0 spiro atoms. The molecule has 0 radical (unpaired) electrons. The first-order valence-electron chi connectivity index (χ1n) is 12.1. The van der Waals surface area contributed by atoms with Gasteiger partial charge in [-0.05, 0) is 55.8 Å². The van der Waals surface area contributed by atoms with Crippen molar-refractivity contribution in [3.05, 3.63) is 95.1 Å². The highest BCUT2D eigenvalue weighted by Gasteiger charge is 2.20. The number of rotatable bonds is 6. The van der Waals surface area contributed by atoms with E-state index in [4.69, 9.17) is 4.99 Å². The topological polar surface area (TPSA) is 112 Å². The van der Waals surface area contributed by atoms with Crippen LogP contribution < -0.4 is 5.32 Å². The van der Waals surface area contributed by atoms with Crippen molar-refractivity contribution < 1.29 is 15.4 Å². The summed E-state index contributed by atoms with van der Waals surface area (Å²) < 4.78 is 0. The van der Waals surface area contributed by atoms with Gasteiger partial charge in [0.2, 0.25) is 0 Å². The number of nitrogens with zero attached hydrogens (tertiary/aromatic N) is 2. The molecule has 8 heteroatoms. The minimum Gasteiger partial charge on any atom is -0.494 e. The molecule has 1 aromatic heterocycles. The van der Waals surface area contributed by atoms with Gasteiger partial charge in [-0.2, -0.15) is 0 Å². The fraction of sp³-hybridized carbons (Fsp3) is 0.241. The minimum absolute atomic E-state index is 0. The highest BCUT2D eigenvalue weighted by Crippen LogP contribution is 2.32. The van der Waals surface area contributed by atoms with Crippen LogP contribution in [-0.2, 0) is 6.54 Å². The fourth-order valence-electron chi connectivity index (χ4n) is 4.75. The maximum Gasteiger partial charge on any atom is 0.251 e. The number of aromatic hydroxyl groups is 1. The molecule has 0 unspecified atom stereocenters. The van der Waals surface area contributed by atoms with E-state index in [1.54, 1.807) is 19.2 Å². The van der Waals surface area contributed by atoms with Crippen LogP contribution in [0.5, 0.6) is 5.88 Å². The second-order valence-electron chi connectivity index (χ2n) is 9.02. The first-order chi connectivity index (χ1) is 17.1. The van der Waals surface area contributed by atoms with Crippen LogP contribution in [0.4, 0.5) is 5.69 Å². The van der Waals surface area contributed by atoms with Crippen LogP contribution in [0.25, 0.3) is 10.9 Å². The quantitative estimate of drug-likeness (QED) is 0.311. The molecule has 5 rings (SSSR count). The smallest absolute Gasteiger partial charge is 0.251 e. The third kappa shape index (κ3) is 6.20. The maximum absolute atomic E-state index is 12.1. The average molecular weight is 521 g/mol. The number of nitrogens with one attached hydrogen (secondary N) is 2. The van der Waals surface area contributed by atoms with Crippen LogP contribution in [0.3, 0.4) is 0 Å². The van der Waals surface area contributed by atoms with Crippen LogP contribution in [-0.4, -0.2) is 52.2 Å². The Morgan fingerprint density at radius 3 is 2.35 bits per heavy atom. The Bertz CT molecular complexity index is 1360. The summed E-state index contributed by atoms with van der Waals surface area (Å²) in [5.74, 6) is -0.150. The number of aromatic amines is 1. The lowest BCUT2D eigenvalue weighted by Crippen LogP contribution is -2.28. The molecule has 1 aliphatic rings. The average Bonchev–Trinajstić information content (AvgIpc) is 3.23. The molecule has 194 valence electrons. The zero-order valence-electron chi connectivity index (χ0n) is 20.8. The standard InChI is InChI=1S/C29H30N4O2.ClH.H2O/c1-30-28(34)22-12-15-24-25(18-22)32-29(35)26(24)27(21-8-4-2-5-9-21)31-23-13-10-20(11-14-23)19-33-16-6-3-7-17-33;;/h2,4-5,8-15,18,32,35H,3,6-7,16-17,19H2,1H3,(H,30,34);1H;1H2. The monoisotopic (exact) mass is 520 g/mol. The molecule has 0 atom stereocenters. The lowest BCUT2D eigenvalue weighted by molar-refractivity contribution is 0.0963. The third-order valence-electron chi connectivity index (χ3n) is 6.58. The number of fused-ring (bicyclic) bond motifs is 1. The number of aromatic nitrogens is 1. The van der Waals surface area contributed by atoms with Crippen LogP contribution in [0.1, 0.15) is 46.3 Å². The maximum atomic E-state index is 12.1. The van der Waals surface area contributed by atoms with Crippen LogP contribution >= 0.6 is 12.4 Å². The predicted molar refractivity (Wildman–Crippen MR) is 152 cm³/mol.